The van der Waals surface area contributed by atoms with Crippen LogP contribution in [0, 0.1) is 0 Å². The number of benzene rings is 1. The molecule has 0 saturated heterocycles. The number of hydrogen-bond donors (Lipinski definition) is 3. The normalized spacial score (nSPS) is 14.3. The summed E-state index contributed by atoms with van der Waals surface area (Å²) in [6.07, 6.45) is 0.737. The summed E-state index contributed by atoms with van der Waals surface area (Å²) in [5.41, 5.74) is 6.64. The quantitative estimate of drug-likeness (QED) is 0.760. The fraction of sp³-hybridized carbons (Fsp3) is 0.308. The van der Waals surface area contributed by atoms with E-state index in [2.05, 4.69) is 21.3 Å². The molecule has 106 valence electrons. The number of nitrogens with one attached hydrogen (secondary N) is 3. The Balaban J connectivity index is 1.73. The Labute approximate surface area is 117 Å². The van der Waals surface area contributed by atoms with E-state index in [0.29, 0.717) is 12.3 Å². The first-order valence-corrected chi connectivity index (χ1v) is 6.34. The summed E-state index contributed by atoms with van der Waals surface area (Å²) in [6.45, 7) is 2.54. The number of urea groups is 2. The van der Waals surface area contributed by atoms with Gasteiger partial charge in [0.1, 0.15) is 0 Å². The van der Waals surface area contributed by atoms with Crippen molar-refractivity contribution in [3.05, 3.63) is 35.9 Å². The summed E-state index contributed by atoms with van der Waals surface area (Å²) in [5, 5.41) is 7.66. The van der Waals surface area contributed by atoms with Gasteiger partial charge < -0.3 is 5.32 Å². The smallest absolute Gasteiger partial charge is 0.336 e. The largest absolute Gasteiger partial charge is 0.356 e. The number of hydrazine groups is 1. The van der Waals surface area contributed by atoms with Gasteiger partial charge in [0.2, 0.25) is 0 Å². The highest BCUT2D eigenvalue weighted by Crippen LogP contribution is 1.98. The van der Waals surface area contributed by atoms with Gasteiger partial charge in [-0.3, -0.25) is 0 Å². The second-order valence-electron chi connectivity index (χ2n) is 4.45. The summed E-state index contributed by atoms with van der Waals surface area (Å²) >= 11 is 0. The Morgan fingerprint density at radius 1 is 1.40 bits per heavy atom. The van der Waals surface area contributed by atoms with Crippen molar-refractivity contribution in [2.75, 3.05) is 13.1 Å². The molecule has 0 fully saturated rings. The zero-order chi connectivity index (χ0) is 14.4. The Morgan fingerprint density at radius 2 is 2.15 bits per heavy atom. The lowest BCUT2D eigenvalue weighted by atomic mass is 10.1. The number of carbonyl (C=O) groups is 2. The van der Waals surface area contributed by atoms with E-state index in [-0.39, 0.29) is 6.54 Å². The predicted molar refractivity (Wildman–Crippen MR) is 75.0 cm³/mol. The van der Waals surface area contributed by atoms with Crippen LogP contribution >= 0.6 is 0 Å². The minimum Gasteiger partial charge on any atom is -0.336 e. The molecule has 0 saturated carbocycles. The maximum Gasteiger partial charge on any atom is 0.356 e. The van der Waals surface area contributed by atoms with Crippen molar-refractivity contribution < 1.29 is 9.59 Å². The van der Waals surface area contributed by atoms with Crippen LogP contribution in [0.4, 0.5) is 9.59 Å². The summed E-state index contributed by atoms with van der Waals surface area (Å²) in [5.74, 6) is 0. The third kappa shape index (κ3) is 3.98. The maximum atomic E-state index is 11.7. The second-order valence-corrected chi connectivity index (χ2v) is 4.45. The molecule has 0 radical (unpaired) electrons. The molecule has 20 heavy (non-hydrogen) atoms. The van der Waals surface area contributed by atoms with Gasteiger partial charge in [-0.1, -0.05) is 30.3 Å². The monoisotopic (exact) mass is 275 g/mol. The van der Waals surface area contributed by atoms with Gasteiger partial charge in [0.25, 0.3) is 0 Å². The molecular formula is C13H17N5O2. The Morgan fingerprint density at radius 3 is 2.90 bits per heavy atom. The highest BCUT2D eigenvalue weighted by molar-refractivity contribution is 5.92. The lowest BCUT2D eigenvalue weighted by Gasteiger charge is -2.25. The van der Waals surface area contributed by atoms with Crippen LogP contribution in [0.25, 0.3) is 0 Å². The summed E-state index contributed by atoms with van der Waals surface area (Å²) in [6, 6.07) is 8.99. The summed E-state index contributed by atoms with van der Waals surface area (Å²) in [4.78, 5) is 23.1. The molecule has 0 aromatic heterocycles. The minimum absolute atomic E-state index is 0.276. The van der Waals surface area contributed by atoms with Crippen LogP contribution in [0.15, 0.2) is 35.4 Å². The van der Waals surface area contributed by atoms with E-state index in [1.54, 1.807) is 6.92 Å². The van der Waals surface area contributed by atoms with Crippen molar-refractivity contribution >= 4 is 17.8 Å². The van der Waals surface area contributed by atoms with Crippen LogP contribution in [0.3, 0.4) is 0 Å². The fourth-order valence-corrected chi connectivity index (χ4v) is 1.76. The summed E-state index contributed by atoms with van der Waals surface area (Å²) < 4.78 is 0. The zero-order valence-corrected chi connectivity index (χ0v) is 11.2. The Hall–Kier alpha value is -2.57. The standard InChI is InChI=1S/C13H17N5O2/c1-10-9-18(13(20)16-15-10)17-12(19)14-8-7-11-5-3-2-4-6-11/h2-6H,7-9H2,1H3,(H,16,20)(H2,14,17,19). The first-order chi connectivity index (χ1) is 9.65. The van der Waals surface area contributed by atoms with Crippen LogP contribution in [0.5, 0.6) is 0 Å². The van der Waals surface area contributed by atoms with Gasteiger partial charge in [0.15, 0.2) is 0 Å². The van der Waals surface area contributed by atoms with E-state index in [9.17, 15) is 9.59 Å². The van der Waals surface area contributed by atoms with Gasteiger partial charge in [-0.2, -0.15) is 5.10 Å². The van der Waals surface area contributed by atoms with E-state index in [0.717, 1.165) is 12.0 Å². The van der Waals surface area contributed by atoms with Gasteiger partial charge in [-0.15, -0.1) is 0 Å². The van der Waals surface area contributed by atoms with E-state index in [1.807, 2.05) is 30.3 Å². The van der Waals surface area contributed by atoms with E-state index in [1.165, 1.54) is 5.01 Å². The fourth-order valence-electron chi connectivity index (χ4n) is 1.76. The van der Waals surface area contributed by atoms with Gasteiger partial charge in [-0.05, 0) is 18.9 Å². The SMILES string of the molecule is CC1=NNC(=O)N(NC(=O)NCCc2ccccc2)C1. The van der Waals surface area contributed by atoms with Gasteiger partial charge >= 0.3 is 12.1 Å². The van der Waals surface area contributed by atoms with Gasteiger partial charge in [-0.25, -0.2) is 25.4 Å². The van der Waals surface area contributed by atoms with Crippen molar-refractivity contribution in [3.8, 4) is 0 Å². The van der Waals surface area contributed by atoms with Crippen LogP contribution in [0.1, 0.15) is 12.5 Å². The average Bonchev–Trinajstić information content (AvgIpc) is 2.44. The molecule has 3 N–H and O–H groups in total. The molecule has 0 aliphatic carbocycles. The maximum absolute atomic E-state index is 11.7. The van der Waals surface area contributed by atoms with E-state index < -0.39 is 12.1 Å². The predicted octanol–water partition coefficient (Wildman–Crippen LogP) is 0.844. The molecule has 1 aliphatic rings. The second kappa shape index (κ2) is 6.55. The van der Waals surface area contributed by atoms with Crippen LogP contribution < -0.4 is 16.2 Å². The van der Waals surface area contributed by atoms with Crippen molar-refractivity contribution in [1.82, 2.24) is 21.2 Å². The molecular weight excluding hydrogens is 258 g/mol. The molecule has 0 atom stereocenters. The Bertz CT molecular complexity index is 515. The van der Waals surface area contributed by atoms with Gasteiger partial charge in [0.05, 0.1) is 12.3 Å². The molecule has 1 aromatic carbocycles. The molecule has 1 heterocycles. The van der Waals surface area contributed by atoms with Crippen molar-refractivity contribution in [3.63, 3.8) is 0 Å². The molecule has 1 aliphatic heterocycles. The van der Waals surface area contributed by atoms with E-state index >= 15 is 0 Å². The summed E-state index contributed by atoms with van der Waals surface area (Å²) in [7, 11) is 0. The first kappa shape index (κ1) is 13.9. The topological polar surface area (TPSA) is 85.8 Å². The van der Waals surface area contributed by atoms with Crippen LogP contribution in [-0.4, -0.2) is 35.9 Å². The number of amides is 4. The molecule has 2 rings (SSSR count). The van der Waals surface area contributed by atoms with Crippen molar-refractivity contribution in [2.45, 2.75) is 13.3 Å². The minimum atomic E-state index is -0.450. The average molecular weight is 275 g/mol. The lowest BCUT2D eigenvalue weighted by molar-refractivity contribution is 0.173. The molecule has 4 amide bonds. The third-order valence-corrected chi connectivity index (χ3v) is 2.75. The molecule has 1 aromatic rings. The lowest BCUT2D eigenvalue weighted by Crippen LogP contribution is -2.56. The Kier molecular flexibility index (Phi) is 4.54. The molecule has 7 heteroatoms. The number of hydrazone groups is 1. The third-order valence-electron chi connectivity index (χ3n) is 2.75. The van der Waals surface area contributed by atoms with Crippen molar-refractivity contribution in [2.24, 2.45) is 5.10 Å². The number of carbonyl (C=O) groups excluding carboxylic acids is 2. The molecule has 0 bridgehead atoms. The van der Waals surface area contributed by atoms with Crippen molar-refractivity contribution in [1.29, 1.82) is 0 Å². The highest BCUT2D eigenvalue weighted by atomic mass is 16.2. The highest BCUT2D eigenvalue weighted by Gasteiger charge is 2.20. The van der Waals surface area contributed by atoms with Gasteiger partial charge in [0, 0.05) is 6.54 Å². The van der Waals surface area contributed by atoms with Crippen LogP contribution in [-0.2, 0) is 6.42 Å². The molecule has 7 nitrogen and oxygen atoms in total. The molecule has 0 unspecified atom stereocenters. The number of hydrogen-bond acceptors (Lipinski definition) is 3. The number of nitrogens with zero attached hydrogens (tertiary/aromatic N) is 2. The first-order valence-electron chi connectivity index (χ1n) is 6.34. The van der Waals surface area contributed by atoms with E-state index in [4.69, 9.17) is 0 Å². The number of rotatable bonds is 4. The van der Waals surface area contributed by atoms with Crippen LogP contribution in [0.2, 0.25) is 0 Å². The molecule has 0 spiro atoms. The zero-order valence-electron chi connectivity index (χ0n) is 11.2.